The van der Waals surface area contributed by atoms with Crippen molar-refractivity contribution in [1.82, 2.24) is 15.0 Å². The van der Waals surface area contributed by atoms with Crippen molar-refractivity contribution in [2.45, 2.75) is 6.92 Å². The number of benzene rings is 1. The second-order valence-electron chi connectivity index (χ2n) is 3.81. The van der Waals surface area contributed by atoms with E-state index in [0.717, 1.165) is 0 Å². The number of nitrogens with zero attached hydrogens (tertiary/aromatic N) is 3. The number of carboxylic acid groups (broad SMARTS) is 1. The molecule has 0 aliphatic carbocycles. The molecule has 7 nitrogen and oxygen atoms in total. The molecule has 2 rings (SSSR count). The first-order valence-electron chi connectivity index (χ1n) is 5.46. The summed E-state index contributed by atoms with van der Waals surface area (Å²) in [5, 5.41) is 16.4. The topological polar surface area (TPSA) is 86.5 Å². The second kappa shape index (κ2) is 4.97. The van der Waals surface area contributed by atoms with Crippen LogP contribution in [-0.4, -0.2) is 40.3 Å². The Morgan fingerprint density at radius 1 is 1.21 bits per heavy atom. The largest absolute Gasteiger partial charge is 0.497 e. The van der Waals surface area contributed by atoms with Gasteiger partial charge in [0.15, 0.2) is 5.69 Å². The van der Waals surface area contributed by atoms with E-state index >= 15 is 0 Å². The van der Waals surface area contributed by atoms with E-state index in [2.05, 4.69) is 10.3 Å². The first-order valence-corrected chi connectivity index (χ1v) is 5.46. The molecule has 100 valence electrons. The highest BCUT2D eigenvalue weighted by atomic mass is 16.5. The highest BCUT2D eigenvalue weighted by molar-refractivity contribution is 5.86. The predicted molar refractivity (Wildman–Crippen MR) is 66.2 cm³/mol. The molecule has 0 saturated carbocycles. The maximum absolute atomic E-state index is 10.9. The number of ether oxygens (including phenoxy) is 2. The van der Waals surface area contributed by atoms with Gasteiger partial charge < -0.3 is 14.6 Å². The number of carboxylic acids is 1. The van der Waals surface area contributed by atoms with Gasteiger partial charge in [0.25, 0.3) is 0 Å². The smallest absolute Gasteiger partial charge is 0.358 e. The molecule has 0 unspecified atom stereocenters. The molecule has 0 saturated heterocycles. The highest BCUT2D eigenvalue weighted by Crippen LogP contribution is 2.25. The van der Waals surface area contributed by atoms with Gasteiger partial charge in [-0.05, 0) is 6.92 Å². The van der Waals surface area contributed by atoms with Crippen LogP contribution in [0.1, 0.15) is 16.2 Å². The summed E-state index contributed by atoms with van der Waals surface area (Å²) < 4.78 is 11.7. The van der Waals surface area contributed by atoms with Crippen molar-refractivity contribution >= 4 is 5.97 Å². The van der Waals surface area contributed by atoms with Gasteiger partial charge in [-0.3, -0.25) is 0 Å². The Balaban J connectivity index is 2.55. The molecule has 0 amide bonds. The summed E-state index contributed by atoms with van der Waals surface area (Å²) in [4.78, 5) is 10.9. The third-order valence-corrected chi connectivity index (χ3v) is 2.68. The van der Waals surface area contributed by atoms with Crippen LogP contribution in [0.3, 0.4) is 0 Å². The Hall–Kier alpha value is -2.57. The van der Waals surface area contributed by atoms with Crippen LogP contribution in [0.5, 0.6) is 11.5 Å². The van der Waals surface area contributed by atoms with E-state index in [4.69, 9.17) is 14.6 Å². The lowest BCUT2D eigenvalue weighted by Gasteiger charge is -2.09. The van der Waals surface area contributed by atoms with Crippen molar-refractivity contribution in [2.75, 3.05) is 14.2 Å². The molecule has 1 heterocycles. The number of aromatic nitrogens is 3. The minimum atomic E-state index is -1.11. The highest BCUT2D eigenvalue weighted by Gasteiger charge is 2.16. The quantitative estimate of drug-likeness (QED) is 0.894. The minimum Gasteiger partial charge on any atom is -0.497 e. The van der Waals surface area contributed by atoms with E-state index in [1.165, 1.54) is 18.9 Å². The molecular weight excluding hydrogens is 250 g/mol. The van der Waals surface area contributed by atoms with Crippen LogP contribution in [0.2, 0.25) is 0 Å². The van der Waals surface area contributed by atoms with E-state index in [0.29, 0.717) is 22.9 Å². The first-order chi connectivity index (χ1) is 9.06. The molecule has 2 aromatic rings. The maximum Gasteiger partial charge on any atom is 0.358 e. The SMILES string of the molecule is COc1cc(OC)cc(-n2nnc(C(=O)O)c2C)c1. The van der Waals surface area contributed by atoms with Gasteiger partial charge in [-0.1, -0.05) is 5.21 Å². The minimum absolute atomic E-state index is 0.0817. The molecule has 0 atom stereocenters. The van der Waals surface area contributed by atoms with E-state index < -0.39 is 5.97 Å². The van der Waals surface area contributed by atoms with Gasteiger partial charge >= 0.3 is 5.97 Å². The molecule has 1 aromatic heterocycles. The molecule has 0 fully saturated rings. The number of rotatable bonds is 4. The van der Waals surface area contributed by atoms with Crippen molar-refractivity contribution in [3.05, 3.63) is 29.6 Å². The summed E-state index contributed by atoms with van der Waals surface area (Å²) in [6, 6.07) is 5.15. The van der Waals surface area contributed by atoms with E-state index in [1.54, 1.807) is 25.1 Å². The zero-order valence-electron chi connectivity index (χ0n) is 10.7. The zero-order chi connectivity index (χ0) is 14.0. The van der Waals surface area contributed by atoms with Gasteiger partial charge in [-0.15, -0.1) is 5.10 Å². The summed E-state index contributed by atoms with van der Waals surface area (Å²) in [5.41, 5.74) is 0.971. The fourth-order valence-corrected chi connectivity index (χ4v) is 1.69. The van der Waals surface area contributed by atoms with Crippen LogP contribution in [0, 0.1) is 6.92 Å². The molecule has 0 radical (unpaired) electrons. The van der Waals surface area contributed by atoms with Crippen molar-refractivity contribution in [3.63, 3.8) is 0 Å². The normalized spacial score (nSPS) is 10.3. The van der Waals surface area contributed by atoms with Gasteiger partial charge in [0, 0.05) is 18.2 Å². The molecule has 19 heavy (non-hydrogen) atoms. The van der Waals surface area contributed by atoms with Gasteiger partial charge in [0.05, 0.1) is 25.6 Å². The lowest BCUT2D eigenvalue weighted by molar-refractivity contribution is 0.0689. The van der Waals surface area contributed by atoms with E-state index in [1.807, 2.05) is 0 Å². The molecule has 1 N–H and O–H groups in total. The van der Waals surface area contributed by atoms with Crippen molar-refractivity contribution < 1.29 is 19.4 Å². The Kier molecular flexibility index (Phi) is 3.37. The number of methoxy groups -OCH3 is 2. The Morgan fingerprint density at radius 2 is 1.79 bits per heavy atom. The van der Waals surface area contributed by atoms with Crippen LogP contribution in [0.15, 0.2) is 18.2 Å². The van der Waals surface area contributed by atoms with Crippen LogP contribution in [-0.2, 0) is 0 Å². The first kappa shape index (κ1) is 12.9. The van der Waals surface area contributed by atoms with Crippen LogP contribution >= 0.6 is 0 Å². The molecule has 0 spiro atoms. The van der Waals surface area contributed by atoms with Crippen LogP contribution in [0.25, 0.3) is 5.69 Å². The average molecular weight is 263 g/mol. The molecule has 7 heteroatoms. The van der Waals surface area contributed by atoms with Crippen molar-refractivity contribution in [3.8, 4) is 17.2 Å². The Bertz CT molecular complexity index is 599. The number of carbonyl (C=O) groups is 1. The van der Waals surface area contributed by atoms with E-state index in [9.17, 15) is 4.79 Å². The number of hydrogen-bond acceptors (Lipinski definition) is 5. The predicted octanol–water partition coefficient (Wildman–Crippen LogP) is 1.29. The third kappa shape index (κ3) is 2.35. The fraction of sp³-hybridized carbons (Fsp3) is 0.250. The molecule has 0 aliphatic heterocycles. The van der Waals surface area contributed by atoms with Crippen LogP contribution in [0.4, 0.5) is 0 Å². The molecule has 0 bridgehead atoms. The lowest BCUT2D eigenvalue weighted by atomic mass is 10.2. The van der Waals surface area contributed by atoms with Gasteiger partial charge in [0.1, 0.15) is 11.5 Å². The number of aromatic carboxylic acids is 1. The second-order valence-corrected chi connectivity index (χ2v) is 3.81. The standard InChI is InChI=1S/C12H13N3O4/c1-7-11(12(16)17)13-14-15(7)8-4-9(18-2)6-10(5-8)19-3/h4-6H,1-3H3,(H,16,17). The van der Waals surface area contributed by atoms with E-state index in [-0.39, 0.29) is 5.69 Å². The van der Waals surface area contributed by atoms with Crippen LogP contribution < -0.4 is 9.47 Å². The average Bonchev–Trinajstić information content (AvgIpc) is 2.80. The van der Waals surface area contributed by atoms with Crippen molar-refractivity contribution in [2.24, 2.45) is 0 Å². The number of hydrogen-bond donors (Lipinski definition) is 1. The Labute approximate surface area is 109 Å². The summed E-state index contributed by atoms with van der Waals surface area (Å²) in [7, 11) is 3.07. The zero-order valence-corrected chi connectivity index (χ0v) is 10.7. The molecular formula is C12H13N3O4. The van der Waals surface area contributed by atoms with Gasteiger partial charge in [0.2, 0.25) is 0 Å². The molecule has 0 aliphatic rings. The monoisotopic (exact) mass is 263 g/mol. The maximum atomic E-state index is 10.9. The molecule has 1 aromatic carbocycles. The summed E-state index contributed by atoms with van der Waals surface area (Å²) >= 11 is 0. The fourth-order valence-electron chi connectivity index (χ4n) is 1.69. The van der Waals surface area contributed by atoms with Crippen molar-refractivity contribution in [1.29, 1.82) is 0 Å². The Morgan fingerprint density at radius 3 is 2.21 bits per heavy atom. The summed E-state index contributed by atoms with van der Waals surface area (Å²) in [6.45, 7) is 1.63. The summed E-state index contributed by atoms with van der Waals surface area (Å²) in [6.07, 6.45) is 0. The third-order valence-electron chi connectivity index (χ3n) is 2.68. The lowest BCUT2D eigenvalue weighted by Crippen LogP contribution is -2.03. The van der Waals surface area contributed by atoms with Gasteiger partial charge in [-0.2, -0.15) is 0 Å². The van der Waals surface area contributed by atoms with Gasteiger partial charge in [-0.25, -0.2) is 9.48 Å². The summed E-state index contributed by atoms with van der Waals surface area (Å²) in [5.74, 6) is 0.0564.